The topological polar surface area (TPSA) is 57.8 Å². The van der Waals surface area contributed by atoms with Crippen LogP contribution in [0, 0.1) is 11.8 Å². The van der Waals surface area contributed by atoms with Crippen LogP contribution < -0.4 is 5.32 Å². The van der Waals surface area contributed by atoms with Gasteiger partial charge in [0.05, 0.1) is 11.0 Å². The summed E-state index contributed by atoms with van der Waals surface area (Å²) in [5, 5.41) is 2.32. The minimum absolute atomic E-state index is 0.0150. The quantitative estimate of drug-likeness (QED) is 0.494. The number of nitrogens with zero attached hydrogens (tertiary/aromatic N) is 1. The number of halogens is 4. The van der Waals surface area contributed by atoms with Crippen molar-refractivity contribution in [3.05, 3.63) is 29.6 Å². The summed E-state index contributed by atoms with van der Waals surface area (Å²) >= 11 is 0. The Morgan fingerprint density at radius 3 is 2.41 bits per heavy atom. The van der Waals surface area contributed by atoms with Crippen LogP contribution in [0.1, 0.15) is 75.6 Å². The van der Waals surface area contributed by atoms with Gasteiger partial charge in [-0.2, -0.15) is 8.78 Å². The molecule has 4 nitrogen and oxygen atoms in total. The number of H-pyrrole nitrogens is 1. The zero-order chi connectivity index (χ0) is 22.8. The predicted octanol–water partition coefficient (Wildman–Crippen LogP) is 6.15. The molecule has 0 saturated heterocycles. The summed E-state index contributed by atoms with van der Waals surface area (Å²) in [6.45, 7) is 0.0150. The Labute approximate surface area is 185 Å². The molecule has 1 amide bonds. The second kappa shape index (κ2) is 9.40. The highest BCUT2D eigenvalue weighted by molar-refractivity contribution is 5.83. The Kier molecular flexibility index (Phi) is 6.77. The lowest BCUT2D eigenvalue weighted by Gasteiger charge is -2.27. The number of aromatic amines is 1. The van der Waals surface area contributed by atoms with Crippen LogP contribution in [0.5, 0.6) is 0 Å². The molecule has 0 atom stereocenters. The van der Waals surface area contributed by atoms with Crippen molar-refractivity contribution in [2.24, 2.45) is 11.8 Å². The van der Waals surface area contributed by atoms with E-state index in [9.17, 15) is 22.4 Å². The molecule has 2 N–H and O–H groups in total. The summed E-state index contributed by atoms with van der Waals surface area (Å²) in [4.78, 5) is 19.5. The van der Waals surface area contributed by atoms with E-state index in [1.165, 1.54) is 19.3 Å². The molecular weight excluding hydrogens is 422 g/mol. The van der Waals surface area contributed by atoms with E-state index in [1.807, 2.05) is 0 Å². The average Bonchev–Trinajstić information content (AvgIpc) is 3.66. The van der Waals surface area contributed by atoms with Crippen LogP contribution in [0.25, 0.3) is 11.0 Å². The first-order valence-corrected chi connectivity index (χ1v) is 11.7. The smallest absolute Gasteiger partial charge is 0.324 e. The number of fused-ring (bicyclic) bond motifs is 1. The number of rotatable bonds is 7. The van der Waals surface area contributed by atoms with Gasteiger partial charge in [-0.25, -0.2) is 13.8 Å². The van der Waals surface area contributed by atoms with Crippen molar-refractivity contribution < 1.29 is 22.4 Å². The van der Waals surface area contributed by atoms with Crippen LogP contribution >= 0.6 is 0 Å². The first kappa shape index (κ1) is 23.1. The normalized spacial score (nSPS) is 20.5. The molecule has 2 aromatic rings. The van der Waals surface area contributed by atoms with Gasteiger partial charge >= 0.3 is 5.92 Å². The summed E-state index contributed by atoms with van der Waals surface area (Å²) in [7, 11) is 0. The van der Waals surface area contributed by atoms with Crippen molar-refractivity contribution in [1.82, 2.24) is 15.3 Å². The molecule has 3 fully saturated rings. The predicted molar refractivity (Wildman–Crippen MR) is 115 cm³/mol. The maximum absolute atomic E-state index is 13.9. The van der Waals surface area contributed by atoms with Crippen LogP contribution in [-0.2, 0) is 17.8 Å². The van der Waals surface area contributed by atoms with Gasteiger partial charge in [0, 0.05) is 32.2 Å². The van der Waals surface area contributed by atoms with Crippen LogP contribution in [0.15, 0.2) is 18.2 Å². The van der Waals surface area contributed by atoms with E-state index in [0.717, 1.165) is 29.7 Å². The van der Waals surface area contributed by atoms with Crippen molar-refractivity contribution in [2.45, 2.75) is 89.0 Å². The Balaban J connectivity index is 0.000000754. The molecule has 3 aliphatic rings. The molecular formula is C24H31F4N3O. The van der Waals surface area contributed by atoms with Gasteiger partial charge in [-0.3, -0.25) is 4.79 Å². The number of nitrogens with one attached hydrogen (secondary N) is 2. The highest BCUT2D eigenvalue weighted by Crippen LogP contribution is 2.39. The average molecular weight is 454 g/mol. The lowest BCUT2D eigenvalue weighted by molar-refractivity contribution is -0.147. The van der Waals surface area contributed by atoms with Gasteiger partial charge < -0.3 is 10.3 Å². The lowest BCUT2D eigenvalue weighted by atomic mass is 9.85. The summed E-state index contributed by atoms with van der Waals surface area (Å²) in [5.41, 5.74) is 2.17. The van der Waals surface area contributed by atoms with Gasteiger partial charge in [-0.05, 0) is 55.2 Å². The number of imidazole rings is 1. The van der Waals surface area contributed by atoms with Crippen molar-refractivity contribution in [1.29, 1.82) is 0 Å². The van der Waals surface area contributed by atoms with Crippen LogP contribution in [0.2, 0.25) is 0 Å². The molecule has 3 aliphatic carbocycles. The van der Waals surface area contributed by atoms with Gasteiger partial charge in [-0.15, -0.1) is 0 Å². The number of hydrogen-bond donors (Lipinski definition) is 2. The number of carbonyl (C=O) groups is 1. The van der Waals surface area contributed by atoms with E-state index in [4.69, 9.17) is 0 Å². The van der Waals surface area contributed by atoms with Gasteiger partial charge in [0.1, 0.15) is 5.82 Å². The number of benzene rings is 1. The molecule has 1 aromatic carbocycles. The van der Waals surface area contributed by atoms with E-state index in [-0.39, 0.29) is 37.6 Å². The highest BCUT2D eigenvalue weighted by atomic mass is 19.3. The van der Waals surface area contributed by atoms with E-state index in [1.54, 1.807) is 18.2 Å². The molecule has 3 saturated carbocycles. The van der Waals surface area contributed by atoms with Gasteiger partial charge in [-0.1, -0.05) is 25.3 Å². The van der Waals surface area contributed by atoms with Crippen molar-refractivity contribution in [3.63, 3.8) is 0 Å². The Morgan fingerprint density at radius 1 is 1.09 bits per heavy atom. The second-order valence-corrected chi connectivity index (χ2v) is 9.63. The van der Waals surface area contributed by atoms with Crippen molar-refractivity contribution in [2.75, 3.05) is 0 Å². The first-order chi connectivity index (χ1) is 15.2. The third-order valence-electron chi connectivity index (χ3n) is 6.29. The molecule has 0 spiro atoms. The van der Waals surface area contributed by atoms with Crippen molar-refractivity contribution >= 4 is 16.9 Å². The summed E-state index contributed by atoms with van der Waals surface area (Å²) < 4.78 is 54.3. The van der Waals surface area contributed by atoms with E-state index >= 15 is 0 Å². The van der Waals surface area contributed by atoms with Crippen molar-refractivity contribution in [3.8, 4) is 0 Å². The molecule has 176 valence electrons. The van der Waals surface area contributed by atoms with Crippen LogP contribution in [0.3, 0.4) is 0 Å². The standard InChI is InChI=1S/C21H25F4N3O.C3H6/c22-20(23)7-5-13(6-8-20)10-18-27-16-4-3-15(9-17(16)28-18)12-26-19(29)21(24,25)11-14-1-2-14;1-2-3-1/h3-4,9,13-14H,1-2,5-8,10-12H2,(H,26,29)(H,27,28);1-3H2. The minimum atomic E-state index is -3.33. The number of hydrogen-bond acceptors (Lipinski definition) is 2. The molecule has 0 aliphatic heterocycles. The van der Waals surface area contributed by atoms with Gasteiger partial charge in [0.15, 0.2) is 0 Å². The first-order valence-electron chi connectivity index (χ1n) is 11.7. The SMILES string of the molecule is C1CC1.O=C(NCc1ccc2nc(CC3CCC(F)(F)CC3)[nH]c2c1)C(F)(F)CC1CC1. The fraction of sp³-hybridized carbons (Fsp3) is 0.667. The molecule has 1 aromatic heterocycles. The lowest BCUT2D eigenvalue weighted by Crippen LogP contribution is -2.40. The summed E-state index contributed by atoms with van der Waals surface area (Å²) in [5.74, 6) is -6.22. The Hall–Kier alpha value is -2.12. The maximum Gasteiger partial charge on any atom is 0.324 e. The summed E-state index contributed by atoms with van der Waals surface area (Å²) in [6, 6.07) is 5.29. The number of alkyl halides is 4. The van der Waals surface area contributed by atoms with Crippen LogP contribution in [-0.4, -0.2) is 27.7 Å². The third kappa shape index (κ3) is 6.69. The second-order valence-electron chi connectivity index (χ2n) is 9.63. The molecule has 1 heterocycles. The monoisotopic (exact) mass is 453 g/mol. The molecule has 32 heavy (non-hydrogen) atoms. The third-order valence-corrected chi connectivity index (χ3v) is 6.29. The van der Waals surface area contributed by atoms with Crippen LogP contribution in [0.4, 0.5) is 17.6 Å². The zero-order valence-corrected chi connectivity index (χ0v) is 18.2. The van der Waals surface area contributed by atoms with E-state index in [0.29, 0.717) is 24.8 Å². The fourth-order valence-corrected chi connectivity index (χ4v) is 3.98. The molecule has 0 radical (unpaired) electrons. The Morgan fingerprint density at radius 2 is 1.78 bits per heavy atom. The number of aromatic nitrogens is 2. The highest BCUT2D eigenvalue weighted by Gasteiger charge is 2.43. The largest absolute Gasteiger partial charge is 0.347 e. The summed E-state index contributed by atoms with van der Waals surface area (Å²) in [6.07, 6.45) is 7.09. The van der Waals surface area contributed by atoms with Gasteiger partial charge in [0.2, 0.25) is 5.92 Å². The van der Waals surface area contributed by atoms with E-state index in [2.05, 4.69) is 15.3 Å². The number of carbonyl (C=O) groups excluding carboxylic acids is 1. The molecule has 0 bridgehead atoms. The fourth-order valence-electron chi connectivity index (χ4n) is 3.98. The van der Waals surface area contributed by atoms with Gasteiger partial charge in [0.25, 0.3) is 5.91 Å². The zero-order valence-electron chi connectivity index (χ0n) is 18.2. The van der Waals surface area contributed by atoms with E-state index < -0.39 is 17.8 Å². The molecule has 0 unspecified atom stereocenters. The minimum Gasteiger partial charge on any atom is -0.347 e. The molecule has 8 heteroatoms. The number of amides is 1. The Bertz CT molecular complexity index is 924. The maximum atomic E-state index is 13.9. The molecule has 5 rings (SSSR count).